The number of rotatable bonds is 9. The number of benzene rings is 1. The molecule has 3 rings (SSSR count). The van der Waals surface area contributed by atoms with Crippen LogP contribution in [0.25, 0.3) is 5.70 Å². The van der Waals surface area contributed by atoms with E-state index in [1.54, 1.807) is 13.1 Å². The molecule has 0 spiro atoms. The van der Waals surface area contributed by atoms with E-state index in [4.69, 9.17) is 25.8 Å². The summed E-state index contributed by atoms with van der Waals surface area (Å²) in [5.74, 6) is 8.01. The minimum Gasteiger partial charge on any atom is -0.491 e. The summed E-state index contributed by atoms with van der Waals surface area (Å²) in [5, 5.41) is 12.0. The zero-order chi connectivity index (χ0) is 26.2. The van der Waals surface area contributed by atoms with Gasteiger partial charge in [0.15, 0.2) is 0 Å². The van der Waals surface area contributed by atoms with E-state index in [0.717, 1.165) is 5.92 Å². The van der Waals surface area contributed by atoms with E-state index in [1.807, 2.05) is 13.0 Å². The van der Waals surface area contributed by atoms with Crippen LogP contribution in [0.2, 0.25) is 0 Å². The molecule has 36 heavy (non-hydrogen) atoms. The molecule has 4 N–H and O–H groups in total. The van der Waals surface area contributed by atoms with Crippen LogP contribution in [0.1, 0.15) is 44.0 Å². The zero-order valence-electron chi connectivity index (χ0n) is 20.8. The zero-order valence-corrected chi connectivity index (χ0v) is 20.8. The molecule has 11 heteroatoms. The Kier molecular flexibility index (Phi) is 9.07. The summed E-state index contributed by atoms with van der Waals surface area (Å²) in [7, 11) is 1.56. The third-order valence-corrected chi connectivity index (χ3v) is 6.14. The van der Waals surface area contributed by atoms with Crippen LogP contribution in [0.5, 0.6) is 11.5 Å². The van der Waals surface area contributed by atoms with Gasteiger partial charge in [-0.05, 0) is 55.9 Å². The molecular formula is C25H33N5O6. The van der Waals surface area contributed by atoms with Crippen molar-refractivity contribution in [3.05, 3.63) is 63.6 Å². The molecule has 0 amide bonds. The average Bonchev–Trinajstić information content (AvgIpc) is 2.83. The Bertz CT molecular complexity index is 1100. The maximum absolute atomic E-state index is 12.1. The van der Waals surface area contributed by atoms with Crippen molar-refractivity contribution >= 4 is 17.5 Å². The molecule has 0 aliphatic heterocycles. The fourth-order valence-electron chi connectivity index (χ4n) is 4.18. The Morgan fingerprint density at radius 3 is 2.56 bits per heavy atom. The smallest absolute Gasteiger partial charge is 0.491 e. The normalized spacial score (nSPS) is 18.1. The average molecular weight is 500 g/mol. The first-order chi connectivity index (χ1) is 17.1. The fourth-order valence-corrected chi connectivity index (χ4v) is 4.18. The molecule has 1 aromatic heterocycles. The van der Waals surface area contributed by atoms with Crippen molar-refractivity contribution in [2.45, 2.75) is 39.5 Å². The third kappa shape index (κ3) is 7.32. The lowest BCUT2D eigenvalue weighted by Crippen LogP contribution is -2.31. The van der Waals surface area contributed by atoms with Gasteiger partial charge in [0.2, 0.25) is 0 Å². The maximum Gasteiger partial charge on any atom is 0.514 e. The molecule has 0 radical (unpaired) electrons. The van der Waals surface area contributed by atoms with E-state index in [1.165, 1.54) is 55.0 Å². The van der Waals surface area contributed by atoms with Crippen molar-refractivity contribution in [1.82, 2.24) is 9.99 Å². The minimum atomic E-state index is -1.01. The molecule has 0 saturated heterocycles. The molecule has 1 aliphatic rings. The van der Waals surface area contributed by atoms with Crippen molar-refractivity contribution in [3.8, 4) is 11.5 Å². The number of aryl methyl sites for hydroxylation is 1. The van der Waals surface area contributed by atoms with E-state index < -0.39 is 11.1 Å². The van der Waals surface area contributed by atoms with Gasteiger partial charge < -0.3 is 25.0 Å². The Hall–Kier alpha value is -3.86. The Morgan fingerprint density at radius 1 is 1.22 bits per heavy atom. The van der Waals surface area contributed by atoms with Crippen LogP contribution >= 0.6 is 0 Å². The monoisotopic (exact) mass is 499 g/mol. The number of nitrogens with zero attached hydrogens (tertiary/aromatic N) is 3. The number of nitro benzene ring substituents is 1. The quantitative estimate of drug-likeness (QED) is 0.169. The molecule has 11 nitrogen and oxygen atoms in total. The Labute approximate surface area is 210 Å². The molecule has 0 bridgehead atoms. The van der Waals surface area contributed by atoms with Crippen LogP contribution in [0.15, 0.2) is 42.1 Å². The second kappa shape index (κ2) is 12.2. The highest BCUT2D eigenvalue weighted by Crippen LogP contribution is 2.30. The highest BCUT2D eigenvalue weighted by molar-refractivity contribution is 5.66. The van der Waals surface area contributed by atoms with Crippen molar-refractivity contribution < 1.29 is 23.9 Å². The van der Waals surface area contributed by atoms with Gasteiger partial charge in [-0.25, -0.2) is 15.6 Å². The highest BCUT2D eigenvalue weighted by atomic mass is 16.7. The standard InChI is InChI=1S/C25H33N5O6/c1-16-5-4-6-18(13-16)14-34-23-12-11-21(28-17(23)2)24(26)22(29(3)27)15-35-25(31)36-20-9-7-19(8-10-20)30(32)33/h7-12,16,18H,4-6,13-15,26-27H2,1-3H3/b24-22-. The number of ether oxygens (including phenoxy) is 3. The van der Waals surface area contributed by atoms with Crippen LogP contribution in [-0.4, -0.2) is 41.3 Å². The summed E-state index contributed by atoms with van der Waals surface area (Å²) in [6.45, 7) is 4.52. The Morgan fingerprint density at radius 2 is 1.94 bits per heavy atom. The van der Waals surface area contributed by atoms with Gasteiger partial charge in [0.05, 0.1) is 34.3 Å². The number of likely N-dealkylation sites (N-methyl/N-ethyl adjacent to an activating group) is 1. The topological polar surface area (TPSA) is 156 Å². The third-order valence-electron chi connectivity index (χ3n) is 6.14. The van der Waals surface area contributed by atoms with Crippen LogP contribution in [0, 0.1) is 28.9 Å². The molecule has 1 saturated carbocycles. The number of hydrogen-bond acceptors (Lipinski definition) is 10. The van der Waals surface area contributed by atoms with Gasteiger partial charge in [0, 0.05) is 19.2 Å². The molecule has 1 aliphatic carbocycles. The van der Waals surface area contributed by atoms with E-state index in [-0.39, 0.29) is 23.7 Å². The summed E-state index contributed by atoms with van der Waals surface area (Å²) < 4.78 is 16.2. The van der Waals surface area contributed by atoms with Crippen molar-refractivity contribution in [1.29, 1.82) is 0 Å². The van der Waals surface area contributed by atoms with Crippen LogP contribution in [0.4, 0.5) is 10.5 Å². The van der Waals surface area contributed by atoms with Crippen molar-refractivity contribution in [2.75, 3.05) is 20.3 Å². The summed E-state index contributed by atoms with van der Waals surface area (Å²) >= 11 is 0. The first-order valence-corrected chi connectivity index (χ1v) is 11.8. The van der Waals surface area contributed by atoms with Gasteiger partial charge in [-0.1, -0.05) is 19.8 Å². The summed E-state index contributed by atoms with van der Waals surface area (Å²) in [5.41, 5.74) is 7.89. The molecule has 1 heterocycles. The number of hydrazine groups is 1. The number of carbonyl (C=O) groups is 1. The molecular weight excluding hydrogens is 466 g/mol. The Balaban J connectivity index is 1.62. The number of carbonyl (C=O) groups excluding carboxylic acids is 1. The lowest BCUT2D eigenvalue weighted by molar-refractivity contribution is -0.384. The van der Waals surface area contributed by atoms with Crippen LogP contribution < -0.4 is 21.1 Å². The van der Waals surface area contributed by atoms with Gasteiger partial charge >= 0.3 is 6.16 Å². The summed E-state index contributed by atoms with van der Waals surface area (Å²) in [6.07, 6.45) is 3.88. The van der Waals surface area contributed by atoms with Gasteiger partial charge in [-0.15, -0.1) is 0 Å². The molecule has 1 fully saturated rings. The minimum absolute atomic E-state index is 0.0979. The predicted octanol–water partition coefficient (Wildman–Crippen LogP) is 4.15. The van der Waals surface area contributed by atoms with Crippen LogP contribution in [-0.2, 0) is 4.74 Å². The predicted molar refractivity (Wildman–Crippen MR) is 134 cm³/mol. The molecule has 2 unspecified atom stereocenters. The fraction of sp³-hybridized carbons (Fsp3) is 0.440. The van der Waals surface area contributed by atoms with Gasteiger partial charge in [-0.2, -0.15) is 0 Å². The molecule has 2 atom stereocenters. The second-order valence-corrected chi connectivity index (χ2v) is 9.09. The van der Waals surface area contributed by atoms with E-state index in [2.05, 4.69) is 11.9 Å². The van der Waals surface area contributed by atoms with E-state index in [0.29, 0.717) is 35.4 Å². The largest absolute Gasteiger partial charge is 0.514 e. The highest BCUT2D eigenvalue weighted by Gasteiger charge is 2.20. The lowest BCUT2D eigenvalue weighted by Gasteiger charge is -2.26. The number of non-ortho nitro benzene ring substituents is 1. The summed E-state index contributed by atoms with van der Waals surface area (Å²) in [6, 6.07) is 8.59. The number of nitrogens with two attached hydrogens (primary N) is 2. The first kappa shape index (κ1) is 26.7. The SMILES string of the molecule is Cc1nc(/C(N)=C(\COC(=O)Oc2ccc([N+](=O)[O-])cc2)N(C)N)ccc1OCC1CCCC(C)C1. The number of aromatic nitrogens is 1. The lowest BCUT2D eigenvalue weighted by atomic mass is 9.83. The number of hydrogen-bond donors (Lipinski definition) is 2. The van der Waals surface area contributed by atoms with Gasteiger partial charge in [0.25, 0.3) is 5.69 Å². The molecule has 1 aromatic carbocycles. The van der Waals surface area contributed by atoms with Crippen molar-refractivity contribution in [2.24, 2.45) is 23.4 Å². The van der Waals surface area contributed by atoms with E-state index in [9.17, 15) is 14.9 Å². The summed E-state index contributed by atoms with van der Waals surface area (Å²) in [4.78, 5) is 26.8. The van der Waals surface area contributed by atoms with Gasteiger partial charge in [-0.3, -0.25) is 10.1 Å². The second-order valence-electron chi connectivity index (χ2n) is 9.09. The molecule has 194 valence electrons. The van der Waals surface area contributed by atoms with Gasteiger partial charge in [0.1, 0.15) is 18.1 Å². The van der Waals surface area contributed by atoms with Crippen LogP contribution in [0.3, 0.4) is 0 Å². The van der Waals surface area contributed by atoms with Crippen molar-refractivity contribution in [3.63, 3.8) is 0 Å². The first-order valence-electron chi connectivity index (χ1n) is 11.8. The van der Waals surface area contributed by atoms with E-state index >= 15 is 0 Å². The number of nitro groups is 1. The number of pyridine rings is 1. The molecule has 2 aromatic rings. The maximum atomic E-state index is 12.1.